The summed E-state index contributed by atoms with van der Waals surface area (Å²) in [7, 11) is 0. The first kappa shape index (κ1) is 18.9. The Balaban J connectivity index is 2.17. The van der Waals surface area contributed by atoms with Gasteiger partial charge in [0.15, 0.2) is 0 Å². The van der Waals surface area contributed by atoms with Crippen LogP contribution in [0.15, 0.2) is 30.3 Å². The molecule has 1 aromatic carbocycles. The summed E-state index contributed by atoms with van der Waals surface area (Å²) in [6, 6.07) is 8.83. The molecule has 1 rings (SSSR count). The van der Waals surface area contributed by atoms with Crippen LogP contribution in [0.2, 0.25) is 0 Å². The van der Waals surface area contributed by atoms with Gasteiger partial charge in [0, 0.05) is 0 Å². The van der Waals surface area contributed by atoms with Crippen LogP contribution in [-0.2, 0) is 20.8 Å². The van der Waals surface area contributed by atoms with Crippen LogP contribution < -0.4 is 5.73 Å². The molecule has 0 saturated carbocycles. The summed E-state index contributed by atoms with van der Waals surface area (Å²) in [6.07, 6.45) is 2.48. The molecule has 2 unspecified atom stereocenters. The predicted molar refractivity (Wildman–Crippen MR) is 85.1 cm³/mol. The number of unbranched alkanes of at least 4 members (excludes halogenated alkanes) is 1. The van der Waals surface area contributed by atoms with Gasteiger partial charge in [-0.2, -0.15) is 0 Å². The largest absolute Gasteiger partial charge is 0.465 e. The van der Waals surface area contributed by atoms with Crippen molar-refractivity contribution in [2.24, 2.45) is 5.73 Å². The third-order valence-corrected chi connectivity index (χ3v) is 3.46. The molecule has 0 aromatic heterocycles. The van der Waals surface area contributed by atoms with Gasteiger partial charge in [-0.3, -0.25) is 4.79 Å². The van der Waals surface area contributed by atoms with Crippen molar-refractivity contribution < 1.29 is 19.5 Å². The Morgan fingerprint density at radius 2 is 2.00 bits per heavy atom. The third kappa shape index (κ3) is 8.15. The molecule has 2 N–H and O–H groups in total. The SMILES string of the molecule is CCC(CCCCOC(=O)C(N)Cc1ccccc1)O[N+](=O)[O-]. The molecule has 0 saturated heterocycles. The zero-order valence-electron chi connectivity index (χ0n) is 13.3. The smallest absolute Gasteiger partial charge is 0.323 e. The molecule has 0 radical (unpaired) electrons. The number of nitrogens with zero attached hydrogens (tertiary/aromatic N) is 1. The van der Waals surface area contributed by atoms with Crippen molar-refractivity contribution in [3.8, 4) is 0 Å². The summed E-state index contributed by atoms with van der Waals surface area (Å²) >= 11 is 0. The standard InChI is InChI=1S/C16H24N2O5/c1-2-14(23-18(20)21)10-6-7-11-22-16(19)15(17)12-13-8-4-3-5-9-13/h3-5,8-9,14-15H,2,6-7,10-12,17H2,1H3. The lowest BCUT2D eigenvalue weighted by atomic mass is 10.1. The molecular formula is C16H24N2O5. The second-order valence-corrected chi connectivity index (χ2v) is 5.32. The summed E-state index contributed by atoms with van der Waals surface area (Å²) in [5.74, 6) is -0.428. The summed E-state index contributed by atoms with van der Waals surface area (Å²) in [5.41, 5.74) is 6.80. The zero-order valence-corrected chi connectivity index (χ0v) is 13.3. The highest BCUT2D eigenvalue weighted by molar-refractivity contribution is 5.75. The van der Waals surface area contributed by atoms with Crippen LogP contribution in [-0.4, -0.2) is 29.8 Å². The Hall–Kier alpha value is -2.15. The van der Waals surface area contributed by atoms with E-state index in [0.717, 1.165) is 5.56 Å². The van der Waals surface area contributed by atoms with Gasteiger partial charge in [0.2, 0.25) is 0 Å². The molecule has 0 heterocycles. The molecule has 0 aliphatic rings. The number of ether oxygens (including phenoxy) is 1. The molecule has 0 bridgehead atoms. The molecule has 0 fully saturated rings. The highest BCUT2D eigenvalue weighted by atomic mass is 17.0. The fraction of sp³-hybridized carbons (Fsp3) is 0.562. The maximum absolute atomic E-state index is 11.8. The van der Waals surface area contributed by atoms with Gasteiger partial charge >= 0.3 is 5.97 Å². The minimum Gasteiger partial charge on any atom is -0.465 e. The van der Waals surface area contributed by atoms with Crippen molar-refractivity contribution in [2.75, 3.05) is 6.61 Å². The van der Waals surface area contributed by atoms with Gasteiger partial charge in [-0.1, -0.05) is 37.3 Å². The maximum Gasteiger partial charge on any atom is 0.323 e. The second kappa shape index (κ2) is 10.6. The first-order valence-electron chi connectivity index (χ1n) is 7.80. The summed E-state index contributed by atoms with van der Waals surface area (Å²) in [5, 5.41) is 9.50. The number of rotatable bonds is 11. The molecule has 23 heavy (non-hydrogen) atoms. The highest BCUT2D eigenvalue weighted by Crippen LogP contribution is 2.09. The number of hydrogen-bond donors (Lipinski definition) is 1. The van der Waals surface area contributed by atoms with Gasteiger partial charge < -0.3 is 15.3 Å². The van der Waals surface area contributed by atoms with Gasteiger partial charge in [-0.25, -0.2) is 0 Å². The van der Waals surface area contributed by atoms with Crippen molar-refractivity contribution in [3.63, 3.8) is 0 Å². The Labute approximate surface area is 135 Å². The van der Waals surface area contributed by atoms with Gasteiger partial charge in [0.25, 0.3) is 5.09 Å². The quantitative estimate of drug-likeness (QED) is 0.290. The van der Waals surface area contributed by atoms with E-state index in [1.165, 1.54) is 0 Å². The van der Waals surface area contributed by atoms with E-state index in [4.69, 9.17) is 10.5 Å². The molecule has 0 amide bonds. The number of benzene rings is 1. The lowest BCUT2D eigenvalue weighted by Crippen LogP contribution is -2.34. The fourth-order valence-electron chi connectivity index (χ4n) is 2.16. The van der Waals surface area contributed by atoms with Crippen LogP contribution in [0.5, 0.6) is 0 Å². The Kier molecular flexibility index (Phi) is 8.67. The van der Waals surface area contributed by atoms with Crippen molar-refractivity contribution in [1.29, 1.82) is 0 Å². The van der Waals surface area contributed by atoms with E-state index in [9.17, 15) is 14.9 Å². The van der Waals surface area contributed by atoms with E-state index in [-0.39, 0.29) is 6.61 Å². The lowest BCUT2D eigenvalue weighted by molar-refractivity contribution is -0.768. The minimum absolute atomic E-state index is 0.260. The Morgan fingerprint density at radius 3 is 2.61 bits per heavy atom. The third-order valence-electron chi connectivity index (χ3n) is 3.46. The van der Waals surface area contributed by atoms with E-state index in [0.29, 0.717) is 32.1 Å². The maximum atomic E-state index is 11.8. The Morgan fingerprint density at radius 1 is 1.30 bits per heavy atom. The number of carbonyl (C=O) groups excluding carboxylic acids is 1. The van der Waals surface area contributed by atoms with Gasteiger partial charge in [0.05, 0.1) is 6.61 Å². The van der Waals surface area contributed by atoms with Gasteiger partial charge in [0.1, 0.15) is 12.1 Å². The number of nitrogens with two attached hydrogens (primary N) is 1. The average molecular weight is 324 g/mol. The van der Waals surface area contributed by atoms with Crippen LogP contribution in [0.25, 0.3) is 0 Å². The first-order chi connectivity index (χ1) is 11.0. The normalized spacial score (nSPS) is 13.1. The van der Waals surface area contributed by atoms with E-state index in [1.54, 1.807) is 0 Å². The van der Waals surface area contributed by atoms with Gasteiger partial charge in [-0.05, 0) is 37.7 Å². The second-order valence-electron chi connectivity index (χ2n) is 5.32. The number of esters is 1. The molecule has 7 heteroatoms. The van der Waals surface area contributed by atoms with Crippen LogP contribution in [0.1, 0.15) is 38.2 Å². The molecular weight excluding hydrogens is 300 g/mol. The molecule has 128 valence electrons. The van der Waals surface area contributed by atoms with Gasteiger partial charge in [-0.15, -0.1) is 10.1 Å². The topological polar surface area (TPSA) is 105 Å². The lowest BCUT2D eigenvalue weighted by Gasteiger charge is -2.13. The van der Waals surface area contributed by atoms with Crippen molar-refractivity contribution in [3.05, 3.63) is 46.0 Å². The number of carbonyl (C=O) groups is 1. The molecule has 0 spiro atoms. The van der Waals surface area contributed by atoms with Crippen LogP contribution in [0.3, 0.4) is 0 Å². The predicted octanol–water partition coefficient (Wildman–Crippen LogP) is 2.26. The molecule has 2 atom stereocenters. The molecule has 7 nitrogen and oxygen atoms in total. The number of hydrogen-bond acceptors (Lipinski definition) is 6. The highest BCUT2D eigenvalue weighted by Gasteiger charge is 2.15. The van der Waals surface area contributed by atoms with E-state index < -0.39 is 23.2 Å². The minimum atomic E-state index is -0.767. The van der Waals surface area contributed by atoms with Crippen molar-refractivity contribution in [2.45, 2.75) is 51.2 Å². The van der Waals surface area contributed by atoms with Crippen LogP contribution >= 0.6 is 0 Å². The van der Waals surface area contributed by atoms with Crippen molar-refractivity contribution >= 4 is 5.97 Å². The van der Waals surface area contributed by atoms with E-state index in [2.05, 4.69) is 4.84 Å². The van der Waals surface area contributed by atoms with E-state index >= 15 is 0 Å². The Bertz CT molecular complexity index is 481. The molecule has 1 aromatic rings. The summed E-state index contributed by atoms with van der Waals surface area (Å²) in [6.45, 7) is 2.09. The van der Waals surface area contributed by atoms with E-state index in [1.807, 2.05) is 37.3 Å². The average Bonchev–Trinajstić information content (AvgIpc) is 2.53. The fourth-order valence-corrected chi connectivity index (χ4v) is 2.16. The molecule has 0 aliphatic heterocycles. The first-order valence-corrected chi connectivity index (χ1v) is 7.80. The summed E-state index contributed by atoms with van der Waals surface area (Å²) in [4.78, 5) is 26.6. The van der Waals surface area contributed by atoms with Crippen LogP contribution in [0, 0.1) is 10.1 Å². The summed E-state index contributed by atoms with van der Waals surface area (Å²) < 4.78 is 5.13. The van der Waals surface area contributed by atoms with Crippen molar-refractivity contribution in [1.82, 2.24) is 0 Å². The zero-order chi connectivity index (χ0) is 17.1. The monoisotopic (exact) mass is 324 g/mol. The van der Waals surface area contributed by atoms with Crippen LogP contribution in [0.4, 0.5) is 0 Å². The molecule has 0 aliphatic carbocycles.